The number of nitrogens with one attached hydrogen (secondary N) is 1. The van der Waals surface area contributed by atoms with Crippen LogP contribution in [0.3, 0.4) is 0 Å². The Balaban J connectivity index is 1.97. The molecule has 2 aromatic carbocycles. The van der Waals surface area contributed by atoms with Gasteiger partial charge in [-0.25, -0.2) is 4.79 Å². The number of nitrogens with zero attached hydrogens (tertiary/aromatic N) is 3. The van der Waals surface area contributed by atoms with Crippen LogP contribution in [0.25, 0.3) is 11.0 Å². The molecule has 0 spiro atoms. The maximum atomic E-state index is 10.9. The summed E-state index contributed by atoms with van der Waals surface area (Å²) in [4.78, 5) is 10.9. The van der Waals surface area contributed by atoms with Crippen LogP contribution in [0.2, 0.25) is 0 Å². The molecule has 0 aliphatic carbocycles. The first-order chi connectivity index (χ1) is 12.9. The van der Waals surface area contributed by atoms with E-state index >= 15 is 0 Å². The van der Waals surface area contributed by atoms with Gasteiger partial charge in [-0.15, -0.1) is 0 Å². The zero-order valence-corrected chi connectivity index (χ0v) is 14.6. The second-order valence-electron chi connectivity index (χ2n) is 5.84. The summed E-state index contributed by atoms with van der Waals surface area (Å²) in [7, 11) is 0. The van der Waals surface area contributed by atoms with E-state index < -0.39 is 5.97 Å². The van der Waals surface area contributed by atoms with Gasteiger partial charge in [-0.3, -0.25) is 5.43 Å². The Morgan fingerprint density at radius 2 is 1.78 bits per heavy atom. The first kappa shape index (κ1) is 17.7. The second kappa shape index (κ2) is 7.03. The highest BCUT2D eigenvalue weighted by Gasteiger charge is 2.16. The molecule has 3 rings (SSSR count). The number of fused-ring (bicyclic) bond motifs is 1. The zero-order chi connectivity index (χ0) is 19.6. The van der Waals surface area contributed by atoms with Crippen LogP contribution in [0.1, 0.15) is 39.7 Å². The lowest BCUT2D eigenvalue weighted by Crippen LogP contribution is -2.01. The van der Waals surface area contributed by atoms with Crippen molar-refractivity contribution in [3.05, 3.63) is 64.4 Å². The molecule has 0 fully saturated rings. The summed E-state index contributed by atoms with van der Waals surface area (Å²) >= 11 is 0. The molecule has 0 unspecified atom stereocenters. The van der Waals surface area contributed by atoms with Crippen LogP contribution >= 0.6 is 0 Å². The quantitative estimate of drug-likeness (QED) is 0.536. The molecular weight excluding hydrogens is 344 g/mol. The molecule has 2 N–H and O–H groups in total. The monoisotopic (exact) mass is 358 g/mol. The molecule has 0 radical (unpaired) electrons. The largest absolute Gasteiger partial charge is 0.478 e. The van der Waals surface area contributed by atoms with Crippen LogP contribution in [-0.4, -0.2) is 16.8 Å². The maximum Gasteiger partial charge on any atom is 0.335 e. The third kappa shape index (κ3) is 3.35. The number of benzene rings is 2. The Kier molecular flexibility index (Phi) is 4.61. The highest BCUT2D eigenvalue weighted by atomic mass is 16.4. The van der Waals surface area contributed by atoms with Gasteiger partial charge < -0.3 is 9.52 Å². The van der Waals surface area contributed by atoms with Crippen molar-refractivity contribution in [3.8, 4) is 12.1 Å². The lowest BCUT2D eigenvalue weighted by Gasteiger charge is -2.04. The van der Waals surface area contributed by atoms with Gasteiger partial charge in [0.1, 0.15) is 23.5 Å². The van der Waals surface area contributed by atoms with E-state index in [2.05, 4.69) is 10.5 Å². The van der Waals surface area contributed by atoms with Gasteiger partial charge in [0.2, 0.25) is 0 Å². The van der Waals surface area contributed by atoms with Gasteiger partial charge in [-0.1, -0.05) is 0 Å². The number of carbonyl (C=O) groups is 1. The molecule has 0 aliphatic heterocycles. The number of aryl methyl sites for hydroxylation is 1. The van der Waals surface area contributed by atoms with E-state index in [1.807, 2.05) is 12.1 Å². The minimum Gasteiger partial charge on any atom is -0.478 e. The summed E-state index contributed by atoms with van der Waals surface area (Å²) in [6, 6.07) is 13.4. The molecule has 7 heteroatoms. The van der Waals surface area contributed by atoms with Gasteiger partial charge in [0.15, 0.2) is 0 Å². The Bertz CT molecular complexity index is 1160. The Morgan fingerprint density at radius 3 is 2.37 bits per heavy atom. The number of aromatic carboxylic acids is 1. The van der Waals surface area contributed by atoms with Crippen LogP contribution in [0.4, 0.5) is 5.69 Å². The van der Waals surface area contributed by atoms with Gasteiger partial charge in [0.25, 0.3) is 0 Å². The third-order valence-electron chi connectivity index (χ3n) is 4.09. The fraction of sp³-hybridized carbons (Fsp3) is 0.100. The van der Waals surface area contributed by atoms with Crippen molar-refractivity contribution in [2.45, 2.75) is 13.8 Å². The SMILES string of the molecule is C/C(=N\Nc1ccc(C(=O)O)cc1)c1c(C)oc2cc(C#N)c(C#N)cc12. The molecule has 3 aromatic rings. The zero-order valence-electron chi connectivity index (χ0n) is 14.6. The summed E-state index contributed by atoms with van der Waals surface area (Å²) in [5.74, 6) is -0.375. The van der Waals surface area contributed by atoms with E-state index in [1.54, 1.807) is 38.1 Å². The average molecular weight is 358 g/mol. The van der Waals surface area contributed by atoms with Crippen LogP contribution in [0.5, 0.6) is 0 Å². The predicted molar refractivity (Wildman–Crippen MR) is 99.6 cm³/mol. The molecular formula is C20H14N4O3. The molecule has 132 valence electrons. The Hall–Kier alpha value is -4.10. The Labute approximate surface area is 154 Å². The van der Waals surface area contributed by atoms with Crippen molar-refractivity contribution in [2.75, 3.05) is 5.43 Å². The standard InChI is InChI=1S/C20H14N4O3/c1-11(23-24-16-5-3-13(4-6-16)20(25)26)19-12(2)27-18-8-15(10-22)14(9-21)7-17(18)19/h3-8,24H,1-2H3,(H,25,26)/b23-11+. The minimum absolute atomic E-state index is 0.190. The topological polar surface area (TPSA) is 122 Å². The van der Waals surface area contributed by atoms with Crippen molar-refractivity contribution >= 4 is 28.3 Å². The number of nitriles is 2. The first-order valence-corrected chi connectivity index (χ1v) is 7.96. The third-order valence-corrected chi connectivity index (χ3v) is 4.09. The number of hydrazone groups is 1. The number of hydrogen-bond donors (Lipinski definition) is 2. The van der Waals surface area contributed by atoms with Crippen molar-refractivity contribution in [1.29, 1.82) is 10.5 Å². The van der Waals surface area contributed by atoms with E-state index in [9.17, 15) is 10.1 Å². The van der Waals surface area contributed by atoms with E-state index in [-0.39, 0.29) is 16.7 Å². The summed E-state index contributed by atoms with van der Waals surface area (Å²) in [6.07, 6.45) is 0. The van der Waals surface area contributed by atoms with E-state index in [1.165, 1.54) is 12.1 Å². The summed E-state index contributed by atoms with van der Waals surface area (Å²) in [6.45, 7) is 3.58. The molecule has 0 atom stereocenters. The molecule has 0 amide bonds. The average Bonchev–Trinajstić information content (AvgIpc) is 2.99. The van der Waals surface area contributed by atoms with E-state index in [4.69, 9.17) is 14.8 Å². The normalized spacial score (nSPS) is 11.0. The first-order valence-electron chi connectivity index (χ1n) is 7.96. The predicted octanol–water partition coefficient (Wildman–Crippen LogP) is 4.02. The highest BCUT2D eigenvalue weighted by Crippen LogP contribution is 2.29. The second-order valence-corrected chi connectivity index (χ2v) is 5.84. The smallest absolute Gasteiger partial charge is 0.335 e. The number of furan rings is 1. The summed E-state index contributed by atoms with van der Waals surface area (Å²) in [5.41, 5.74) is 6.11. The van der Waals surface area contributed by atoms with Crippen molar-refractivity contribution < 1.29 is 14.3 Å². The number of carboxylic acids is 1. The van der Waals surface area contributed by atoms with Crippen LogP contribution in [0.15, 0.2) is 45.9 Å². The van der Waals surface area contributed by atoms with Crippen molar-refractivity contribution in [1.82, 2.24) is 0 Å². The summed E-state index contributed by atoms with van der Waals surface area (Å²) in [5, 5.41) is 32.3. The molecule has 0 saturated carbocycles. The fourth-order valence-electron chi connectivity index (χ4n) is 2.79. The molecule has 1 heterocycles. The van der Waals surface area contributed by atoms with Crippen molar-refractivity contribution in [2.24, 2.45) is 5.10 Å². The molecule has 0 bridgehead atoms. The van der Waals surface area contributed by atoms with Gasteiger partial charge >= 0.3 is 5.97 Å². The van der Waals surface area contributed by atoms with E-state index in [0.717, 1.165) is 5.56 Å². The molecule has 0 saturated heterocycles. The molecule has 7 nitrogen and oxygen atoms in total. The number of rotatable bonds is 4. The van der Waals surface area contributed by atoms with Gasteiger partial charge in [0, 0.05) is 17.0 Å². The minimum atomic E-state index is -0.994. The van der Waals surface area contributed by atoms with Crippen LogP contribution in [0, 0.1) is 29.6 Å². The number of carboxylic acid groups (broad SMARTS) is 1. The van der Waals surface area contributed by atoms with Gasteiger partial charge in [-0.2, -0.15) is 15.6 Å². The lowest BCUT2D eigenvalue weighted by molar-refractivity contribution is 0.0697. The highest BCUT2D eigenvalue weighted by molar-refractivity contribution is 6.10. The molecule has 0 aliphatic rings. The maximum absolute atomic E-state index is 10.9. The van der Waals surface area contributed by atoms with Crippen LogP contribution in [-0.2, 0) is 0 Å². The van der Waals surface area contributed by atoms with Gasteiger partial charge in [-0.05, 0) is 44.2 Å². The van der Waals surface area contributed by atoms with E-state index in [0.29, 0.717) is 28.1 Å². The molecule has 1 aromatic heterocycles. The number of anilines is 1. The fourth-order valence-corrected chi connectivity index (χ4v) is 2.79. The van der Waals surface area contributed by atoms with Gasteiger partial charge in [0.05, 0.1) is 28.1 Å². The van der Waals surface area contributed by atoms with Crippen molar-refractivity contribution in [3.63, 3.8) is 0 Å². The molecule has 27 heavy (non-hydrogen) atoms. The van der Waals surface area contributed by atoms with Crippen LogP contribution < -0.4 is 5.43 Å². The Morgan fingerprint density at radius 1 is 1.15 bits per heavy atom. The summed E-state index contributed by atoms with van der Waals surface area (Å²) < 4.78 is 5.72. The number of hydrogen-bond acceptors (Lipinski definition) is 6. The lowest BCUT2D eigenvalue weighted by atomic mass is 10.0.